The summed E-state index contributed by atoms with van der Waals surface area (Å²) in [5, 5.41) is 0.675. The number of amides is 3. The summed E-state index contributed by atoms with van der Waals surface area (Å²) in [6.07, 6.45) is 8.66. The third-order valence-corrected chi connectivity index (χ3v) is 12.1. The van der Waals surface area contributed by atoms with Crippen molar-refractivity contribution < 1.29 is 19.1 Å². The minimum absolute atomic E-state index is 0.00889. The van der Waals surface area contributed by atoms with Gasteiger partial charge in [0.05, 0.1) is 12.0 Å². The Morgan fingerprint density at radius 2 is 1.64 bits per heavy atom. The highest BCUT2D eigenvalue weighted by Crippen LogP contribution is 2.57. The Morgan fingerprint density at radius 1 is 0.956 bits per heavy atom. The number of carbonyl (C=O) groups excluding carboxylic acids is 3. The normalized spacial score (nSPS) is 30.2. The van der Waals surface area contributed by atoms with Crippen LogP contribution in [0.25, 0.3) is 0 Å². The van der Waals surface area contributed by atoms with Crippen molar-refractivity contribution in [2.24, 2.45) is 11.3 Å². The van der Waals surface area contributed by atoms with E-state index in [0.717, 1.165) is 50.6 Å². The number of likely N-dealkylation sites (N-methyl/N-ethyl adjacent to an activating group) is 1. The fraction of sp³-hybridized carbons (Fsp3) is 0.750. The van der Waals surface area contributed by atoms with Crippen LogP contribution in [-0.4, -0.2) is 107 Å². The average Bonchev–Trinajstić information content (AvgIpc) is 3.46. The van der Waals surface area contributed by atoms with Crippen LogP contribution in [-0.2, 0) is 19.1 Å². The minimum Gasteiger partial charge on any atom is -0.368 e. The van der Waals surface area contributed by atoms with E-state index in [1.54, 1.807) is 4.90 Å². The second-order valence-electron chi connectivity index (χ2n) is 15.6. The van der Waals surface area contributed by atoms with Crippen LogP contribution in [0.4, 0.5) is 0 Å². The maximum Gasteiger partial charge on any atom is 0.252 e. The van der Waals surface area contributed by atoms with Crippen molar-refractivity contribution in [2.75, 3.05) is 39.8 Å². The number of ether oxygens (including phenoxy) is 1. The molecular formula is C36H53ClN4O4. The van der Waals surface area contributed by atoms with E-state index in [-0.39, 0.29) is 47.2 Å². The summed E-state index contributed by atoms with van der Waals surface area (Å²) in [6, 6.07) is 7.23. The van der Waals surface area contributed by atoms with Crippen molar-refractivity contribution in [1.29, 1.82) is 0 Å². The predicted molar refractivity (Wildman–Crippen MR) is 176 cm³/mol. The van der Waals surface area contributed by atoms with Crippen LogP contribution < -0.4 is 0 Å². The molecule has 0 aromatic heterocycles. The van der Waals surface area contributed by atoms with Gasteiger partial charge in [-0.25, -0.2) is 0 Å². The van der Waals surface area contributed by atoms with Crippen molar-refractivity contribution in [3.8, 4) is 0 Å². The van der Waals surface area contributed by atoms with Crippen molar-refractivity contribution in [1.82, 2.24) is 19.6 Å². The van der Waals surface area contributed by atoms with Crippen LogP contribution in [0.1, 0.15) is 97.0 Å². The maximum absolute atomic E-state index is 14.8. The van der Waals surface area contributed by atoms with Crippen molar-refractivity contribution in [3.63, 3.8) is 0 Å². The number of halogens is 1. The Morgan fingerprint density at radius 3 is 2.22 bits per heavy atom. The van der Waals surface area contributed by atoms with E-state index in [0.29, 0.717) is 43.1 Å². The largest absolute Gasteiger partial charge is 0.368 e. The quantitative estimate of drug-likeness (QED) is 0.403. The minimum atomic E-state index is -0.583. The van der Waals surface area contributed by atoms with Gasteiger partial charge in [0, 0.05) is 62.4 Å². The molecule has 1 aromatic carbocycles. The van der Waals surface area contributed by atoms with E-state index >= 15 is 0 Å². The van der Waals surface area contributed by atoms with Gasteiger partial charge in [-0.05, 0) is 109 Å². The summed E-state index contributed by atoms with van der Waals surface area (Å²) in [5.41, 5.74) is 1.50. The van der Waals surface area contributed by atoms with E-state index in [4.69, 9.17) is 16.3 Å². The second-order valence-corrected chi connectivity index (χ2v) is 16.0. The van der Waals surface area contributed by atoms with Gasteiger partial charge < -0.3 is 19.4 Å². The molecule has 1 aromatic rings. The molecule has 5 atom stereocenters. The molecular weight excluding hydrogens is 588 g/mol. The third kappa shape index (κ3) is 6.66. The fourth-order valence-electron chi connectivity index (χ4n) is 8.53. The monoisotopic (exact) mass is 640 g/mol. The highest BCUT2D eigenvalue weighted by atomic mass is 35.5. The van der Waals surface area contributed by atoms with Gasteiger partial charge in [-0.3, -0.25) is 19.3 Å². The van der Waals surface area contributed by atoms with Gasteiger partial charge in [0.2, 0.25) is 11.8 Å². The topological polar surface area (TPSA) is 73.4 Å². The highest BCUT2D eigenvalue weighted by Gasteiger charge is 2.52. The first-order chi connectivity index (χ1) is 21.4. The number of benzene rings is 1. The zero-order valence-corrected chi connectivity index (χ0v) is 28.7. The summed E-state index contributed by atoms with van der Waals surface area (Å²) >= 11 is 6.25. The molecule has 6 rings (SSSR count). The van der Waals surface area contributed by atoms with Crippen LogP contribution in [0, 0.1) is 11.3 Å². The fourth-order valence-corrected chi connectivity index (χ4v) is 8.66. The van der Waals surface area contributed by atoms with Gasteiger partial charge in [-0.2, -0.15) is 0 Å². The lowest BCUT2D eigenvalue weighted by atomic mass is 9.82. The molecule has 8 nitrogen and oxygen atoms in total. The molecule has 248 valence electrons. The van der Waals surface area contributed by atoms with Gasteiger partial charge in [0.15, 0.2) is 0 Å². The molecule has 0 radical (unpaired) electrons. The summed E-state index contributed by atoms with van der Waals surface area (Å²) in [7, 11) is 1.82. The Hall–Kier alpha value is -2.16. The summed E-state index contributed by atoms with van der Waals surface area (Å²) in [5.74, 6) is -0.245. The molecule has 9 heteroatoms. The molecule has 0 unspecified atom stereocenters. The average molecular weight is 641 g/mol. The van der Waals surface area contributed by atoms with Crippen LogP contribution in [0.5, 0.6) is 0 Å². The molecule has 3 saturated heterocycles. The first kappa shape index (κ1) is 32.8. The van der Waals surface area contributed by atoms with Gasteiger partial charge in [-0.15, -0.1) is 0 Å². The summed E-state index contributed by atoms with van der Waals surface area (Å²) < 4.78 is 5.94. The maximum atomic E-state index is 14.8. The molecule has 5 fully saturated rings. The first-order valence-electron chi connectivity index (χ1n) is 17.4. The molecule has 1 spiro atoms. The van der Waals surface area contributed by atoms with E-state index in [1.165, 1.54) is 12.8 Å². The summed E-state index contributed by atoms with van der Waals surface area (Å²) in [6.45, 7) is 11.5. The second kappa shape index (κ2) is 12.8. The number of likely N-dealkylation sites (tertiary alicyclic amines) is 2. The van der Waals surface area contributed by atoms with Crippen LogP contribution >= 0.6 is 11.6 Å². The van der Waals surface area contributed by atoms with Crippen molar-refractivity contribution >= 4 is 29.3 Å². The number of nitrogens with zero attached hydrogens (tertiary/aromatic N) is 4. The molecule has 45 heavy (non-hydrogen) atoms. The molecule has 2 aliphatic carbocycles. The van der Waals surface area contributed by atoms with Gasteiger partial charge in [-0.1, -0.05) is 23.7 Å². The van der Waals surface area contributed by atoms with Crippen LogP contribution in [0.15, 0.2) is 24.3 Å². The predicted octanol–water partition coefficient (Wildman–Crippen LogP) is 5.33. The van der Waals surface area contributed by atoms with Gasteiger partial charge >= 0.3 is 0 Å². The number of hydrogen-bond acceptors (Lipinski definition) is 5. The van der Waals surface area contributed by atoms with E-state index < -0.39 is 12.1 Å². The lowest BCUT2D eigenvalue weighted by molar-refractivity contribution is -0.148. The van der Waals surface area contributed by atoms with Gasteiger partial charge in [0.25, 0.3) is 5.91 Å². The van der Waals surface area contributed by atoms with Crippen LogP contribution in [0.2, 0.25) is 5.02 Å². The zero-order valence-electron chi connectivity index (χ0n) is 28.0. The molecule has 3 amide bonds. The Kier molecular flexibility index (Phi) is 9.32. The Labute approximate surface area is 274 Å². The van der Waals surface area contributed by atoms with E-state index in [2.05, 4.69) is 30.6 Å². The van der Waals surface area contributed by atoms with Crippen molar-refractivity contribution in [3.05, 3.63) is 34.9 Å². The van der Waals surface area contributed by atoms with Crippen molar-refractivity contribution in [2.45, 2.75) is 121 Å². The Bertz CT molecular complexity index is 1240. The smallest absolute Gasteiger partial charge is 0.252 e. The third-order valence-electron chi connectivity index (χ3n) is 11.8. The molecule has 5 aliphatic rings. The Balaban J connectivity index is 1.31. The summed E-state index contributed by atoms with van der Waals surface area (Å²) in [4.78, 5) is 51.1. The van der Waals surface area contributed by atoms with Crippen LogP contribution in [0.3, 0.4) is 0 Å². The highest BCUT2D eigenvalue weighted by molar-refractivity contribution is 6.30. The standard InChI is InChI=1S/C36H53ClN4O4/c1-6-38(5)33(43)30-20-27(41(34(44)31-8-7-19-45-31)26-13-15-36(16-14-26)17-18-36)21-40(30)32(42)29-23-39(35(2,3)4)22-28(29)24-9-11-25(37)12-10-24/h9-12,26-31H,6-8,13-23H2,1-5H3/t27-,28-,29+,30-,31-/m0/s1. The SMILES string of the molecule is CCN(C)C(=O)[C@@H]1C[C@H](N(C(=O)[C@@H]2CCCO2)C2CCC3(CC2)CC3)CN1C(=O)[C@@H]1CN(C(C)(C)C)C[C@H]1c1ccc(Cl)cc1. The zero-order chi connectivity index (χ0) is 32.1. The first-order valence-corrected chi connectivity index (χ1v) is 17.8. The molecule has 0 N–H and O–H groups in total. The van der Waals surface area contributed by atoms with E-state index in [9.17, 15) is 14.4 Å². The number of hydrogen-bond donors (Lipinski definition) is 0. The lowest BCUT2D eigenvalue weighted by Crippen LogP contribution is -2.53. The molecule has 3 heterocycles. The lowest BCUT2D eigenvalue weighted by Gasteiger charge is -2.41. The molecule has 0 bridgehead atoms. The van der Waals surface area contributed by atoms with Gasteiger partial charge in [0.1, 0.15) is 12.1 Å². The number of rotatable bonds is 7. The molecule has 3 aliphatic heterocycles. The van der Waals surface area contributed by atoms with E-state index in [1.807, 2.05) is 43.1 Å². The number of carbonyl (C=O) groups is 3. The molecule has 2 saturated carbocycles.